The summed E-state index contributed by atoms with van der Waals surface area (Å²) in [6, 6.07) is 3.17. The number of rotatable bonds is 6. The molecule has 0 bridgehead atoms. The van der Waals surface area contributed by atoms with Crippen LogP contribution in [-0.4, -0.2) is 50.7 Å². The molecule has 1 saturated heterocycles. The first-order chi connectivity index (χ1) is 15.0. The molecule has 2 amide bonds. The fraction of sp³-hybridized carbons (Fsp3) is 0.421. The van der Waals surface area contributed by atoms with E-state index in [0.717, 1.165) is 17.2 Å². The van der Waals surface area contributed by atoms with E-state index in [1.54, 1.807) is 0 Å². The van der Waals surface area contributed by atoms with Crippen molar-refractivity contribution in [1.82, 2.24) is 19.7 Å². The lowest BCUT2D eigenvalue weighted by atomic mass is 9.84. The molecule has 3 N–H and O–H groups in total. The quantitative estimate of drug-likeness (QED) is 0.647. The van der Waals surface area contributed by atoms with Gasteiger partial charge in [0.15, 0.2) is 5.82 Å². The van der Waals surface area contributed by atoms with Crippen LogP contribution in [0.15, 0.2) is 24.7 Å². The Morgan fingerprint density at radius 3 is 2.53 bits per heavy atom. The van der Waals surface area contributed by atoms with Gasteiger partial charge in [-0.2, -0.15) is 23.5 Å². The van der Waals surface area contributed by atoms with E-state index >= 15 is 0 Å². The second kappa shape index (κ2) is 8.81. The number of carbonyl (C=O) groups excluding carboxylic acids is 2. The molecular weight excluding hydrogens is 434 g/mol. The summed E-state index contributed by atoms with van der Waals surface area (Å²) in [5, 5.41) is 16.4. The van der Waals surface area contributed by atoms with E-state index in [0.29, 0.717) is 0 Å². The van der Waals surface area contributed by atoms with Crippen LogP contribution in [0.5, 0.6) is 0 Å². The smallest absolute Gasteiger partial charge is 0.365 e. The molecular formula is C19H19F4N7O2. The molecule has 1 fully saturated rings. The molecule has 3 rings (SSSR count). The largest absolute Gasteiger partial charge is 0.397 e. The lowest BCUT2D eigenvalue weighted by Crippen LogP contribution is -2.48. The molecule has 1 aliphatic heterocycles. The number of primary amides is 1. The van der Waals surface area contributed by atoms with E-state index < -0.39 is 35.8 Å². The minimum atomic E-state index is -4.61. The van der Waals surface area contributed by atoms with Gasteiger partial charge in [-0.3, -0.25) is 19.3 Å². The van der Waals surface area contributed by atoms with Crippen molar-refractivity contribution in [3.05, 3.63) is 36.0 Å². The topological polar surface area (TPSA) is 130 Å². The summed E-state index contributed by atoms with van der Waals surface area (Å²) in [5.74, 6) is -2.47. The third kappa shape index (κ3) is 5.13. The van der Waals surface area contributed by atoms with Gasteiger partial charge in [0.05, 0.1) is 36.1 Å². The number of alkyl halides is 3. The number of aromatic nitrogens is 3. The molecule has 1 aliphatic rings. The van der Waals surface area contributed by atoms with Gasteiger partial charge in [0.1, 0.15) is 17.8 Å². The lowest BCUT2D eigenvalue weighted by Gasteiger charge is -2.40. The van der Waals surface area contributed by atoms with Crippen LogP contribution >= 0.6 is 0 Å². The maximum absolute atomic E-state index is 13.4. The molecule has 2 aromatic heterocycles. The fourth-order valence-electron chi connectivity index (χ4n) is 3.60. The average Bonchev–Trinajstić information content (AvgIpc) is 3.12. The Hall–Kier alpha value is -3.69. The third-order valence-corrected chi connectivity index (χ3v) is 5.24. The molecule has 0 unspecified atom stereocenters. The van der Waals surface area contributed by atoms with Gasteiger partial charge >= 0.3 is 6.18 Å². The Morgan fingerprint density at radius 2 is 1.97 bits per heavy atom. The van der Waals surface area contributed by atoms with Crippen molar-refractivity contribution in [2.45, 2.75) is 37.4 Å². The monoisotopic (exact) mass is 453 g/mol. The number of hydrogen-bond donors (Lipinski definition) is 2. The Morgan fingerprint density at radius 1 is 1.28 bits per heavy atom. The lowest BCUT2D eigenvalue weighted by molar-refractivity contribution is -0.162. The second-order valence-corrected chi connectivity index (χ2v) is 7.45. The highest BCUT2D eigenvalue weighted by Crippen LogP contribution is 2.35. The molecule has 0 atom stereocenters. The summed E-state index contributed by atoms with van der Waals surface area (Å²) in [6.07, 6.45) is -2.30. The van der Waals surface area contributed by atoms with Crippen molar-refractivity contribution < 1.29 is 27.2 Å². The first-order valence-corrected chi connectivity index (χ1v) is 9.52. The minimum absolute atomic E-state index is 0.0118. The van der Waals surface area contributed by atoms with Gasteiger partial charge in [0, 0.05) is 25.4 Å². The molecule has 3 heterocycles. The minimum Gasteiger partial charge on any atom is -0.365 e. The molecule has 0 saturated carbocycles. The number of anilines is 2. The third-order valence-electron chi connectivity index (χ3n) is 5.24. The van der Waals surface area contributed by atoms with Crippen molar-refractivity contribution in [3.63, 3.8) is 0 Å². The zero-order valence-electron chi connectivity index (χ0n) is 16.7. The van der Waals surface area contributed by atoms with E-state index in [4.69, 9.17) is 5.73 Å². The van der Waals surface area contributed by atoms with Gasteiger partial charge in [0.25, 0.3) is 5.91 Å². The molecule has 0 aromatic carbocycles. The fourth-order valence-corrected chi connectivity index (χ4v) is 3.60. The summed E-state index contributed by atoms with van der Waals surface area (Å²) >= 11 is 0. The normalized spacial score (nSPS) is 15.8. The van der Waals surface area contributed by atoms with E-state index in [1.807, 2.05) is 6.07 Å². The SMILES string of the molecule is N#CCC1(n2cc(C(N)=O)c(Nc3cncc(F)c3)n2)CCN(C(=O)CC(F)(F)F)CC1. The highest BCUT2D eigenvalue weighted by molar-refractivity contribution is 5.98. The molecule has 0 aliphatic carbocycles. The average molecular weight is 453 g/mol. The van der Waals surface area contributed by atoms with Crippen LogP contribution in [-0.2, 0) is 10.3 Å². The Labute approximate surface area is 179 Å². The molecule has 0 radical (unpaired) electrons. The number of piperidine rings is 1. The Kier molecular flexibility index (Phi) is 6.33. The molecule has 170 valence electrons. The summed E-state index contributed by atoms with van der Waals surface area (Å²) in [7, 11) is 0. The number of likely N-dealkylation sites (tertiary alicyclic amines) is 1. The van der Waals surface area contributed by atoms with E-state index in [-0.39, 0.29) is 49.4 Å². The van der Waals surface area contributed by atoms with Gasteiger partial charge in [0.2, 0.25) is 5.91 Å². The Bertz CT molecular complexity index is 1050. The van der Waals surface area contributed by atoms with Crippen LogP contribution in [0.1, 0.15) is 36.0 Å². The predicted octanol–water partition coefficient (Wildman–Crippen LogP) is 2.44. The number of nitrogens with one attached hydrogen (secondary N) is 1. The van der Waals surface area contributed by atoms with Crippen LogP contribution < -0.4 is 11.1 Å². The van der Waals surface area contributed by atoms with Gasteiger partial charge in [-0.1, -0.05) is 0 Å². The van der Waals surface area contributed by atoms with Gasteiger partial charge in [-0.05, 0) is 12.8 Å². The van der Waals surface area contributed by atoms with Gasteiger partial charge in [-0.15, -0.1) is 0 Å². The molecule has 13 heteroatoms. The van der Waals surface area contributed by atoms with Crippen molar-refractivity contribution in [2.75, 3.05) is 18.4 Å². The number of carbonyl (C=O) groups is 2. The van der Waals surface area contributed by atoms with E-state index in [1.165, 1.54) is 17.1 Å². The summed E-state index contributed by atoms with van der Waals surface area (Å²) in [6.45, 7) is -0.0299. The molecule has 9 nitrogen and oxygen atoms in total. The van der Waals surface area contributed by atoms with Crippen LogP contribution in [0.3, 0.4) is 0 Å². The maximum atomic E-state index is 13.4. The summed E-state index contributed by atoms with van der Waals surface area (Å²) in [4.78, 5) is 28.6. The summed E-state index contributed by atoms with van der Waals surface area (Å²) < 4.78 is 52.4. The van der Waals surface area contributed by atoms with Crippen molar-refractivity contribution >= 4 is 23.3 Å². The van der Waals surface area contributed by atoms with Crippen molar-refractivity contribution in [1.29, 1.82) is 5.26 Å². The number of nitrogens with zero attached hydrogens (tertiary/aromatic N) is 5. The zero-order chi connectivity index (χ0) is 23.5. The number of halogens is 4. The zero-order valence-corrected chi connectivity index (χ0v) is 16.7. The first-order valence-electron chi connectivity index (χ1n) is 9.52. The van der Waals surface area contributed by atoms with Crippen LogP contribution in [0.4, 0.5) is 29.1 Å². The number of nitrogens with two attached hydrogens (primary N) is 1. The van der Waals surface area contributed by atoms with Crippen molar-refractivity contribution in [3.8, 4) is 6.07 Å². The number of amides is 2. The second-order valence-electron chi connectivity index (χ2n) is 7.45. The van der Waals surface area contributed by atoms with Crippen LogP contribution in [0.2, 0.25) is 0 Å². The molecule has 0 spiro atoms. The first kappa shape index (κ1) is 23.0. The van der Waals surface area contributed by atoms with Crippen LogP contribution in [0.25, 0.3) is 0 Å². The number of nitriles is 1. The summed E-state index contributed by atoms with van der Waals surface area (Å²) in [5.41, 5.74) is 4.65. The Balaban J connectivity index is 1.86. The van der Waals surface area contributed by atoms with Crippen molar-refractivity contribution in [2.24, 2.45) is 5.73 Å². The van der Waals surface area contributed by atoms with Crippen LogP contribution in [0, 0.1) is 17.1 Å². The van der Waals surface area contributed by atoms with E-state index in [9.17, 15) is 32.4 Å². The molecule has 2 aromatic rings. The molecule has 32 heavy (non-hydrogen) atoms. The highest BCUT2D eigenvalue weighted by Gasteiger charge is 2.41. The van der Waals surface area contributed by atoms with E-state index in [2.05, 4.69) is 15.4 Å². The van der Waals surface area contributed by atoms with Gasteiger partial charge < -0.3 is 16.0 Å². The standard InChI is InChI=1S/C19H19F4N7O2/c20-12-7-13(10-26-9-12)27-17-14(16(25)32)11-30(28-17)18(1-4-24)2-5-29(6-3-18)15(31)8-19(21,22)23/h7,9-11H,1-3,5-6,8H2,(H2,25,32)(H,27,28). The number of hydrogen-bond acceptors (Lipinski definition) is 6. The predicted molar refractivity (Wildman–Crippen MR) is 103 cm³/mol. The van der Waals surface area contributed by atoms with Gasteiger partial charge in [-0.25, -0.2) is 4.39 Å². The maximum Gasteiger partial charge on any atom is 0.397 e. The number of pyridine rings is 1. The highest BCUT2D eigenvalue weighted by atomic mass is 19.4.